The molecule has 27 heavy (non-hydrogen) atoms. The Morgan fingerprint density at radius 2 is 1.70 bits per heavy atom. The highest BCUT2D eigenvalue weighted by molar-refractivity contribution is 7.12. The third-order valence-corrected chi connectivity index (χ3v) is 5.41. The van der Waals surface area contributed by atoms with Gasteiger partial charge in [-0.3, -0.25) is 9.59 Å². The highest BCUT2D eigenvalue weighted by Gasteiger charge is 2.21. The molecule has 1 N–H and O–H groups in total. The molecule has 0 saturated carbocycles. The van der Waals surface area contributed by atoms with Crippen molar-refractivity contribution in [3.8, 4) is 0 Å². The number of carbonyl (C=O) groups excluding carboxylic acids is 2. The van der Waals surface area contributed by atoms with Gasteiger partial charge in [-0.25, -0.2) is 0 Å². The molecule has 0 spiro atoms. The predicted octanol–water partition coefficient (Wildman–Crippen LogP) is 4.82. The minimum Gasteiger partial charge on any atom is -0.345 e. The first-order valence-electron chi connectivity index (χ1n) is 8.76. The summed E-state index contributed by atoms with van der Waals surface area (Å²) in [5.41, 5.74) is 3.27. The first kappa shape index (κ1) is 18.9. The number of carbonyl (C=O) groups is 2. The van der Waals surface area contributed by atoms with Crippen molar-refractivity contribution in [2.45, 2.75) is 19.9 Å². The van der Waals surface area contributed by atoms with Crippen LogP contribution in [0.1, 0.15) is 44.1 Å². The molecule has 3 rings (SSSR count). The number of nitrogens with one attached hydrogen (secondary N) is 1. The van der Waals surface area contributed by atoms with Gasteiger partial charge >= 0.3 is 0 Å². The lowest BCUT2D eigenvalue weighted by Crippen LogP contribution is -2.31. The smallest absolute Gasteiger partial charge is 0.268 e. The Morgan fingerprint density at radius 1 is 1.00 bits per heavy atom. The fraction of sp³-hybridized carbons (Fsp3) is 0.182. The molecule has 0 aliphatic carbocycles. The third kappa shape index (κ3) is 4.09. The van der Waals surface area contributed by atoms with Crippen molar-refractivity contribution in [1.82, 2.24) is 5.32 Å². The summed E-state index contributed by atoms with van der Waals surface area (Å²) in [6, 6.07) is 18.6. The molecule has 0 aliphatic rings. The molecule has 2 amide bonds. The third-order valence-electron chi connectivity index (χ3n) is 4.55. The van der Waals surface area contributed by atoms with Gasteiger partial charge in [0.25, 0.3) is 11.8 Å². The van der Waals surface area contributed by atoms with Crippen molar-refractivity contribution in [2.75, 3.05) is 11.9 Å². The first-order valence-corrected chi connectivity index (χ1v) is 9.64. The van der Waals surface area contributed by atoms with Gasteiger partial charge < -0.3 is 10.2 Å². The van der Waals surface area contributed by atoms with E-state index in [2.05, 4.69) is 5.32 Å². The van der Waals surface area contributed by atoms with E-state index < -0.39 is 0 Å². The van der Waals surface area contributed by atoms with E-state index in [4.69, 9.17) is 0 Å². The molecule has 1 atom stereocenters. The van der Waals surface area contributed by atoms with Gasteiger partial charge in [0.05, 0.1) is 22.2 Å². The summed E-state index contributed by atoms with van der Waals surface area (Å²) in [5, 5.41) is 4.91. The van der Waals surface area contributed by atoms with E-state index in [1.807, 2.05) is 55.6 Å². The zero-order chi connectivity index (χ0) is 19.4. The normalized spacial score (nSPS) is 11.7. The first-order chi connectivity index (χ1) is 13.0. The predicted molar refractivity (Wildman–Crippen MR) is 111 cm³/mol. The monoisotopic (exact) mass is 378 g/mol. The van der Waals surface area contributed by atoms with E-state index in [0.29, 0.717) is 16.1 Å². The molecule has 0 saturated heterocycles. The number of rotatable bonds is 5. The number of thiophene rings is 1. The van der Waals surface area contributed by atoms with Crippen LogP contribution in [0.3, 0.4) is 0 Å². The number of anilines is 1. The van der Waals surface area contributed by atoms with Gasteiger partial charge in [0.15, 0.2) is 0 Å². The number of hydrogen-bond donors (Lipinski definition) is 1. The Morgan fingerprint density at radius 3 is 2.41 bits per heavy atom. The van der Waals surface area contributed by atoms with Gasteiger partial charge in [0, 0.05) is 7.05 Å². The molecule has 0 radical (unpaired) electrons. The topological polar surface area (TPSA) is 49.4 Å². The molecule has 3 aromatic rings. The van der Waals surface area contributed by atoms with Gasteiger partial charge in [0.2, 0.25) is 0 Å². The summed E-state index contributed by atoms with van der Waals surface area (Å²) in [6.07, 6.45) is 0. The SMILES string of the molecule is Cc1ccccc1C(C)NC(=O)c1ccccc1N(C)C(=O)c1cccs1. The summed E-state index contributed by atoms with van der Waals surface area (Å²) in [4.78, 5) is 27.8. The molecule has 5 heteroatoms. The minimum atomic E-state index is -0.202. The fourth-order valence-corrected chi connectivity index (χ4v) is 3.76. The Bertz CT molecular complexity index is 950. The van der Waals surface area contributed by atoms with Crippen LogP contribution in [0.5, 0.6) is 0 Å². The van der Waals surface area contributed by atoms with E-state index >= 15 is 0 Å². The quantitative estimate of drug-likeness (QED) is 0.692. The molecule has 1 aromatic heterocycles. The minimum absolute atomic E-state index is 0.128. The van der Waals surface area contributed by atoms with Crippen molar-refractivity contribution in [3.63, 3.8) is 0 Å². The van der Waals surface area contributed by atoms with E-state index in [-0.39, 0.29) is 17.9 Å². The molecular weight excluding hydrogens is 356 g/mol. The maximum Gasteiger partial charge on any atom is 0.268 e. The van der Waals surface area contributed by atoms with Gasteiger partial charge in [0.1, 0.15) is 0 Å². The second kappa shape index (κ2) is 8.18. The Balaban J connectivity index is 1.84. The number of benzene rings is 2. The maximum absolute atomic E-state index is 12.9. The Kier molecular flexibility index (Phi) is 5.72. The van der Waals surface area contributed by atoms with Crippen LogP contribution in [-0.2, 0) is 0 Å². The molecule has 1 unspecified atom stereocenters. The van der Waals surface area contributed by atoms with Crippen LogP contribution in [-0.4, -0.2) is 18.9 Å². The molecule has 2 aromatic carbocycles. The lowest BCUT2D eigenvalue weighted by atomic mass is 10.0. The molecule has 138 valence electrons. The van der Waals surface area contributed by atoms with Crippen molar-refractivity contribution in [1.29, 1.82) is 0 Å². The number of para-hydroxylation sites is 1. The number of aryl methyl sites for hydroxylation is 1. The van der Waals surface area contributed by atoms with Crippen molar-refractivity contribution in [3.05, 3.63) is 87.6 Å². The van der Waals surface area contributed by atoms with Crippen molar-refractivity contribution >= 4 is 28.8 Å². The standard InChI is InChI=1S/C22H22N2O2S/c1-15-9-4-5-10-17(15)16(2)23-21(25)18-11-6-7-12-19(18)24(3)22(26)20-13-8-14-27-20/h4-14,16H,1-3H3,(H,23,25). The molecule has 0 fully saturated rings. The molecular formula is C22H22N2O2S. The lowest BCUT2D eigenvalue weighted by Gasteiger charge is -2.22. The van der Waals surface area contributed by atoms with Crippen molar-refractivity contribution in [2.24, 2.45) is 0 Å². The second-order valence-electron chi connectivity index (χ2n) is 6.41. The van der Waals surface area contributed by atoms with Gasteiger partial charge in [-0.1, -0.05) is 42.5 Å². The van der Waals surface area contributed by atoms with Crippen LogP contribution in [0.25, 0.3) is 0 Å². The highest BCUT2D eigenvalue weighted by atomic mass is 32.1. The van der Waals surface area contributed by atoms with Gasteiger partial charge in [-0.15, -0.1) is 11.3 Å². The largest absolute Gasteiger partial charge is 0.345 e. The van der Waals surface area contributed by atoms with E-state index in [9.17, 15) is 9.59 Å². The Hall–Kier alpha value is -2.92. The molecule has 1 heterocycles. The maximum atomic E-state index is 12.9. The zero-order valence-electron chi connectivity index (χ0n) is 15.6. The summed E-state index contributed by atoms with van der Waals surface area (Å²) >= 11 is 1.39. The lowest BCUT2D eigenvalue weighted by molar-refractivity contribution is 0.0940. The van der Waals surface area contributed by atoms with Crippen LogP contribution in [0.4, 0.5) is 5.69 Å². The van der Waals surface area contributed by atoms with Crippen LogP contribution in [0, 0.1) is 6.92 Å². The van der Waals surface area contributed by atoms with Crippen LogP contribution in [0.15, 0.2) is 66.0 Å². The number of nitrogens with zero attached hydrogens (tertiary/aromatic N) is 1. The van der Waals surface area contributed by atoms with E-state index in [1.165, 1.54) is 16.2 Å². The fourth-order valence-electron chi connectivity index (χ4n) is 3.06. The molecule has 4 nitrogen and oxygen atoms in total. The van der Waals surface area contributed by atoms with Gasteiger partial charge in [-0.2, -0.15) is 0 Å². The van der Waals surface area contributed by atoms with Gasteiger partial charge in [-0.05, 0) is 48.6 Å². The summed E-state index contributed by atoms with van der Waals surface area (Å²) in [7, 11) is 1.69. The highest BCUT2D eigenvalue weighted by Crippen LogP contribution is 2.24. The number of hydrogen-bond acceptors (Lipinski definition) is 3. The molecule has 0 aliphatic heterocycles. The summed E-state index contributed by atoms with van der Waals surface area (Å²) < 4.78 is 0. The summed E-state index contributed by atoms with van der Waals surface area (Å²) in [5.74, 6) is -0.329. The molecule has 0 bridgehead atoms. The average molecular weight is 378 g/mol. The Labute approximate surface area is 163 Å². The summed E-state index contributed by atoms with van der Waals surface area (Å²) in [6.45, 7) is 3.99. The zero-order valence-corrected chi connectivity index (χ0v) is 16.4. The van der Waals surface area contributed by atoms with E-state index in [1.54, 1.807) is 31.3 Å². The van der Waals surface area contributed by atoms with Crippen LogP contribution >= 0.6 is 11.3 Å². The second-order valence-corrected chi connectivity index (χ2v) is 7.36. The van der Waals surface area contributed by atoms with Crippen molar-refractivity contribution < 1.29 is 9.59 Å². The average Bonchev–Trinajstić information content (AvgIpc) is 3.21. The van der Waals surface area contributed by atoms with E-state index in [0.717, 1.165) is 11.1 Å². The van der Waals surface area contributed by atoms with Crippen LogP contribution < -0.4 is 10.2 Å². The van der Waals surface area contributed by atoms with Crippen LogP contribution in [0.2, 0.25) is 0 Å². The number of amides is 2.